The number of carboxylic acid groups (broad SMARTS) is 1. The zero-order valence-corrected chi connectivity index (χ0v) is 12.7. The summed E-state index contributed by atoms with van der Waals surface area (Å²) in [7, 11) is 0. The molecule has 0 fully saturated rings. The van der Waals surface area contributed by atoms with Gasteiger partial charge in [0, 0.05) is 12.1 Å². The second-order valence-corrected chi connectivity index (χ2v) is 6.21. The lowest BCUT2D eigenvalue weighted by molar-refractivity contribution is -0.136. The standard InChI is InChI=1S/C15H11N3O4S/c19-10(20)7-18-9-4-2-1-3-8(9)11(13(18)21)12-14(22)17-6-5-16-15(17)23-12/h1-4H,5-7H2,(H,19,20)/b12-11-. The number of aliphatic carboxylic acids is 1. The maximum Gasteiger partial charge on any atom is 0.323 e. The van der Waals surface area contributed by atoms with E-state index in [4.69, 9.17) is 5.11 Å². The van der Waals surface area contributed by atoms with Gasteiger partial charge >= 0.3 is 5.97 Å². The molecule has 7 nitrogen and oxygen atoms in total. The molecule has 8 heteroatoms. The monoisotopic (exact) mass is 329 g/mol. The number of thiazole rings is 1. The lowest BCUT2D eigenvalue weighted by atomic mass is 10.1. The topological polar surface area (TPSA) is 92.0 Å². The van der Waals surface area contributed by atoms with Gasteiger partial charge in [-0.15, -0.1) is 0 Å². The van der Waals surface area contributed by atoms with Crippen LogP contribution in [0.4, 0.5) is 5.69 Å². The molecule has 1 N–H and O–H groups in total. The van der Waals surface area contributed by atoms with Gasteiger partial charge in [0.25, 0.3) is 11.5 Å². The largest absolute Gasteiger partial charge is 0.480 e. The number of carbonyl (C=O) groups excluding carboxylic acids is 1. The molecule has 0 unspecified atom stereocenters. The van der Waals surface area contributed by atoms with E-state index in [0.29, 0.717) is 33.7 Å². The van der Waals surface area contributed by atoms with Crippen LogP contribution >= 0.6 is 11.3 Å². The molecule has 3 heterocycles. The highest BCUT2D eigenvalue weighted by Crippen LogP contribution is 2.34. The SMILES string of the molecule is O=C(O)CN1C(=O)/C(=c2\sc3n(c2=O)CCN=3)c2ccccc21. The van der Waals surface area contributed by atoms with E-state index in [0.717, 1.165) is 0 Å². The van der Waals surface area contributed by atoms with Crippen LogP contribution in [0.2, 0.25) is 0 Å². The first-order valence-electron chi connectivity index (χ1n) is 6.99. The highest BCUT2D eigenvalue weighted by Gasteiger charge is 2.35. The first kappa shape index (κ1) is 13.9. The number of rotatable bonds is 2. The van der Waals surface area contributed by atoms with Gasteiger partial charge < -0.3 is 5.11 Å². The third kappa shape index (κ3) is 1.95. The number of fused-ring (bicyclic) bond motifs is 2. The van der Waals surface area contributed by atoms with Gasteiger partial charge in [-0.25, -0.2) is 0 Å². The van der Waals surface area contributed by atoms with Crippen LogP contribution in [0.5, 0.6) is 0 Å². The molecule has 0 bridgehead atoms. The zero-order chi connectivity index (χ0) is 16.1. The van der Waals surface area contributed by atoms with E-state index in [9.17, 15) is 14.4 Å². The molecule has 116 valence electrons. The van der Waals surface area contributed by atoms with E-state index in [1.54, 1.807) is 28.8 Å². The van der Waals surface area contributed by atoms with Gasteiger partial charge in [0.2, 0.25) is 0 Å². The number of amides is 1. The molecular weight excluding hydrogens is 318 g/mol. The molecule has 2 aliphatic heterocycles. The van der Waals surface area contributed by atoms with Crippen molar-refractivity contribution in [2.75, 3.05) is 18.0 Å². The predicted molar refractivity (Wildman–Crippen MR) is 83.2 cm³/mol. The lowest BCUT2D eigenvalue weighted by Gasteiger charge is -2.13. The summed E-state index contributed by atoms with van der Waals surface area (Å²) in [6.07, 6.45) is 0. The summed E-state index contributed by atoms with van der Waals surface area (Å²) in [5.74, 6) is -1.55. The van der Waals surface area contributed by atoms with E-state index < -0.39 is 18.4 Å². The Balaban J connectivity index is 2.04. The van der Waals surface area contributed by atoms with Gasteiger partial charge in [-0.3, -0.25) is 28.8 Å². The van der Waals surface area contributed by atoms with Gasteiger partial charge in [-0.05, 0) is 6.07 Å². The molecule has 0 spiro atoms. The number of benzene rings is 1. The molecule has 1 amide bonds. The van der Waals surface area contributed by atoms with Crippen molar-refractivity contribution < 1.29 is 14.7 Å². The number of carbonyl (C=O) groups is 2. The average molecular weight is 329 g/mol. The maximum absolute atomic E-state index is 12.7. The minimum absolute atomic E-state index is 0.235. The second kappa shape index (κ2) is 4.88. The first-order chi connectivity index (χ1) is 11.1. The Morgan fingerprint density at radius 3 is 2.83 bits per heavy atom. The second-order valence-electron chi connectivity index (χ2n) is 5.23. The van der Waals surface area contributed by atoms with Crippen LogP contribution in [0.15, 0.2) is 34.1 Å². The smallest absolute Gasteiger partial charge is 0.323 e. The van der Waals surface area contributed by atoms with Crippen LogP contribution in [-0.2, 0) is 16.1 Å². The predicted octanol–water partition coefficient (Wildman–Crippen LogP) is -0.827. The van der Waals surface area contributed by atoms with Gasteiger partial charge in [0.05, 0.1) is 17.8 Å². The Morgan fingerprint density at radius 2 is 2.09 bits per heavy atom. The number of para-hydroxylation sites is 1. The van der Waals surface area contributed by atoms with Crippen LogP contribution in [0.25, 0.3) is 5.57 Å². The van der Waals surface area contributed by atoms with Crippen LogP contribution in [0.1, 0.15) is 5.56 Å². The Bertz CT molecular complexity index is 1030. The maximum atomic E-state index is 12.7. The number of hydrogen-bond donors (Lipinski definition) is 1. The van der Waals surface area contributed by atoms with Gasteiger partial charge in [0.1, 0.15) is 11.1 Å². The Kier molecular flexibility index (Phi) is 2.95. The summed E-state index contributed by atoms with van der Waals surface area (Å²) in [5.41, 5.74) is 1.15. The molecule has 1 aromatic carbocycles. The third-order valence-corrected chi connectivity index (χ3v) is 4.99. The average Bonchev–Trinajstić information content (AvgIpc) is 3.16. The number of hydrogen-bond acceptors (Lipinski definition) is 5. The van der Waals surface area contributed by atoms with Crippen molar-refractivity contribution in [3.63, 3.8) is 0 Å². The van der Waals surface area contributed by atoms with Crippen molar-refractivity contribution in [1.29, 1.82) is 0 Å². The van der Waals surface area contributed by atoms with E-state index in [1.165, 1.54) is 16.2 Å². The van der Waals surface area contributed by atoms with Crippen LogP contribution in [0.3, 0.4) is 0 Å². The van der Waals surface area contributed by atoms with Crippen molar-refractivity contribution in [3.05, 3.63) is 49.5 Å². The fraction of sp³-hybridized carbons (Fsp3) is 0.200. The fourth-order valence-corrected chi connectivity index (χ4v) is 4.03. The van der Waals surface area contributed by atoms with E-state index in [1.807, 2.05) is 0 Å². The van der Waals surface area contributed by atoms with Gasteiger partial charge in [0.15, 0.2) is 4.80 Å². The van der Waals surface area contributed by atoms with Crippen molar-refractivity contribution in [2.45, 2.75) is 6.54 Å². The minimum atomic E-state index is -1.10. The quantitative estimate of drug-likeness (QED) is 0.779. The summed E-state index contributed by atoms with van der Waals surface area (Å²) >= 11 is 1.19. The van der Waals surface area contributed by atoms with Crippen molar-refractivity contribution in [3.8, 4) is 0 Å². The highest BCUT2D eigenvalue weighted by molar-refractivity contribution is 7.07. The number of aromatic nitrogens is 1. The molecule has 2 aliphatic rings. The first-order valence-corrected chi connectivity index (χ1v) is 7.81. The lowest BCUT2D eigenvalue weighted by Crippen LogP contribution is -2.36. The van der Waals surface area contributed by atoms with E-state index >= 15 is 0 Å². The van der Waals surface area contributed by atoms with Crippen LogP contribution in [0, 0.1) is 0 Å². The van der Waals surface area contributed by atoms with Crippen LogP contribution in [-0.4, -0.2) is 34.6 Å². The molecule has 0 aliphatic carbocycles. The molecule has 4 rings (SSSR count). The Hall–Kier alpha value is -2.74. The molecular formula is C15H11N3O4S. The van der Waals surface area contributed by atoms with Crippen molar-refractivity contribution >= 4 is 34.5 Å². The summed E-state index contributed by atoms with van der Waals surface area (Å²) in [5, 5.41) is 9.04. The van der Waals surface area contributed by atoms with Gasteiger partial charge in [-0.2, -0.15) is 0 Å². The van der Waals surface area contributed by atoms with Crippen molar-refractivity contribution in [2.24, 2.45) is 4.99 Å². The molecule has 1 aromatic heterocycles. The minimum Gasteiger partial charge on any atom is -0.480 e. The third-order valence-electron chi connectivity index (χ3n) is 3.88. The Morgan fingerprint density at radius 1 is 1.30 bits per heavy atom. The number of anilines is 1. The molecule has 0 saturated carbocycles. The zero-order valence-electron chi connectivity index (χ0n) is 11.9. The number of nitrogens with zero attached hydrogens (tertiary/aromatic N) is 3. The van der Waals surface area contributed by atoms with E-state index in [-0.39, 0.29) is 11.1 Å². The van der Waals surface area contributed by atoms with Crippen LogP contribution < -0.4 is 19.8 Å². The molecule has 23 heavy (non-hydrogen) atoms. The normalized spacial score (nSPS) is 17.9. The van der Waals surface area contributed by atoms with E-state index in [2.05, 4.69) is 4.99 Å². The Labute approximate surface area is 133 Å². The summed E-state index contributed by atoms with van der Waals surface area (Å²) < 4.78 is 1.89. The number of carboxylic acids is 1. The molecule has 0 atom stereocenters. The van der Waals surface area contributed by atoms with Gasteiger partial charge in [-0.1, -0.05) is 29.5 Å². The molecule has 2 aromatic rings. The fourth-order valence-electron chi connectivity index (χ4n) is 2.91. The summed E-state index contributed by atoms with van der Waals surface area (Å²) in [6, 6.07) is 6.92. The molecule has 0 radical (unpaired) electrons. The summed E-state index contributed by atoms with van der Waals surface area (Å²) in [4.78, 5) is 42.4. The van der Waals surface area contributed by atoms with Crippen molar-refractivity contribution in [1.82, 2.24) is 4.57 Å². The molecule has 0 saturated heterocycles. The highest BCUT2D eigenvalue weighted by atomic mass is 32.1. The summed E-state index contributed by atoms with van der Waals surface area (Å²) in [6.45, 7) is 0.662.